The van der Waals surface area contributed by atoms with Crippen LogP contribution in [0.4, 0.5) is 13.2 Å². The van der Waals surface area contributed by atoms with Crippen LogP contribution < -0.4 is 5.46 Å². The molecule has 1 saturated carbocycles. The number of aryl methyl sites for hydroxylation is 1. The molecule has 2 aromatic heterocycles. The fraction of sp³-hybridized carbons (Fsp3) is 0.611. The van der Waals surface area contributed by atoms with Gasteiger partial charge in [-0.3, -0.25) is 4.68 Å². The Hall–Kier alpha value is -1.36. The number of rotatable bonds is 2. The van der Waals surface area contributed by atoms with Gasteiger partial charge in [-0.1, -0.05) is 11.6 Å². The molecule has 0 amide bonds. The molecule has 1 saturated heterocycles. The molecule has 12 heteroatoms. The molecule has 0 aromatic carbocycles. The van der Waals surface area contributed by atoms with Gasteiger partial charge < -0.3 is 9.31 Å². The number of aromatic nitrogens is 4. The average molecular weight is 465 g/mol. The Morgan fingerprint density at radius 2 is 1.70 bits per heavy atom. The van der Waals surface area contributed by atoms with E-state index in [1.807, 2.05) is 6.92 Å². The molecule has 2 aromatic rings. The first kappa shape index (κ1) is 23.3. The van der Waals surface area contributed by atoms with Crippen molar-refractivity contribution in [3.8, 4) is 0 Å². The number of halogens is 5. The normalized spacial score (nSPS) is 20.1. The van der Waals surface area contributed by atoms with Crippen molar-refractivity contribution in [3.05, 3.63) is 34.1 Å². The quantitative estimate of drug-likeness (QED) is 0.368. The van der Waals surface area contributed by atoms with Gasteiger partial charge in [-0.05, 0) is 59.1 Å². The summed E-state index contributed by atoms with van der Waals surface area (Å²) in [5, 5.41) is 3.57. The summed E-state index contributed by atoms with van der Waals surface area (Å²) in [5.74, 6) is 0. The summed E-state index contributed by atoms with van der Waals surface area (Å²) in [6.45, 7) is 10.3. The van der Waals surface area contributed by atoms with E-state index in [1.54, 1.807) is 0 Å². The van der Waals surface area contributed by atoms with Crippen LogP contribution in [0.5, 0.6) is 0 Å². The van der Waals surface area contributed by atoms with Gasteiger partial charge >= 0.3 is 13.3 Å². The minimum absolute atomic E-state index is 0.286. The third-order valence-electron chi connectivity index (χ3n) is 5.40. The van der Waals surface area contributed by atoms with Crippen molar-refractivity contribution in [1.82, 2.24) is 19.7 Å². The SMILES string of the molecule is Cc1nn(C2CC2)cc1B1OC(C)(C)C(C)(C)O1.FC(F)(F)c1cnc(Cl)nc1Cl. The van der Waals surface area contributed by atoms with Gasteiger partial charge in [-0.15, -0.1) is 0 Å². The molecule has 1 aliphatic heterocycles. The van der Waals surface area contributed by atoms with Crippen LogP contribution in [0.1, 0.15) is 57.8 Å². The number of hydrogen-bond donors (Lipinski definition) is 0. The highest BCUT2D eigenvalue weighted by atomic mass is 35.5. The van der Waals surface area contributed by atoms with Crippen LogP contribution in [0.25, 0.3) is 0 Å². The van der Waals surface area contributed by atoms with Crippen LogP contribution in [-0.2, 0) is 15.5 Å². The summed E-state index contributed by atoms with van der Waals surface area (Å²) in [4.78, 5) is 6.30. The molecule has 6 nitrogen and oxygen atoms in total. The smallest absolute Gasteiger partial charge is 0.399 e. The van der Waals surface area contributed by atoms with E-state index in [2.05, 4.69) is 53.6 Å². The van der Waals surface area contributed by atoms with Crippen molar-refractivity contribution in [3.63, 3.8) is 0 Å². The van der Waals surface area contributed by atoms with Gasteiger partial charge in [0.1, 0.15) is 10.7 Å². The topological polar surface area (TPSA) is 62.1 Å². The fourth-order valence-corrected chi connectivity index (χ4v) is 3.17. The molecule has 164 valence electrons. The van der Waals surface area contributed by atoms with E-state index in [-0.39, 0.29) is 23.6 Å². The molecule has 0 unspecified atom stereocenters. The molecule has 0 N–H and O–H groups in total. The van der Waals surface area contributed by atoms with Crippen molar-refractivity contribution in [2.75, 3.05) is 0 Å². The van der Waals surface area contributed by atoms with Gasteiger partial charge in [0.15, 0.2) is 0 Å². The Morgan fingerprint density at radius 3 is 2.17 bits per heavy atom. The first-order valence-corrected chi connectivity index (χ1v) is 10.1. The number of hydrogen-bond acceptors (Lipinski definition) is 5. The Labute approximate surface area is 183 Å². The molecule has 2 aliphatic rings. The van der Waals surface area contributed by atoms with E-state index in [9.17, 15) is 13.2 Å². The van der Waals surface area contributed by atoms with Crippen molar-refractivity contribution >= 4 is 35.8 Å². The summed E-state index contributed by atoms with van der Waals surface area (Å²) in [6, 6.07) is 0.597. The van der Waals surface area contributed by atoms with Gasteiger partial charge in [0.25, 0.3) is 0 Å². The molecule has 0 bridgehead atoms. The predicted octanol–water partition coefficient (Wildman–Crippen LogP) is 4.63. The second-order valence-corrected chi connectivity index (χ2v) is 9.01. The van der Waals surface area contributed by atoms with Crippen molar-refractivity contribution in [1.29, 1.82) is 0 Å². The van der Waals surface area contributed by atoms with E-state index in [0.29, 0.717) is 12.2 Å². The summed E-state index contributed by atoms with van der Waals surface area (Å²) in [7, 11) is -0.289. The maximum absolute atomic E-state index is 12.0. The second-order valence-electron chi connectivity index (χ2n) is 8.31. The van der Waals surface area contributed by atoms with Crippen LogP contribution >= 0.6 is 23.2 Å². The molecule has 30 heavy (non-hydrogen) atoms. The first-order valence-electron chi connectivity index (χ1n) is 9.38. The monoisotopic (exact) mass is 464 g/mol. The van der Waals surface area contributed by atoms with Gasteiger partial charge in [0.2, 0.25) is 5.28 Å². The van der Waals surface area contributed by atoms with Crippen molar-refractivity contribution in [2.45, 2.75) is 70.9 Å². The number of alkyl halides is 3. The van der Waals surface area contributed by atoms with Crippen LogP contribution in [-0.4, -0.2) is 38.1 Å². The Morgan fingerprint density at radius 1 is 1.13 bits per heavy atom. The Bertz CT molecular complexity index is 917. The molecule has 0 atom stereocenters. The second kappa shape index (κ2) is 7.96. The molecule has 3 heterocycles. The largest absolute Gasteiger partial charge is 0.498 e. The molecule has 4 rings (SSSR count). The van der Waals surface area contributed by atoms with Crippen LogP contribution in [0.2, 0.25) is 10.4 Å². The zero-order valence-electron chi connectivity index (χ0n) is 17.2. The third kappa shape index (κ3) is 4.93. The molecule has 0 radical (unpaired) electrons. The standard InChI is InChI=1S/C13H21BN2O2.C5HCl2F3N2/c1-9-11(8-16(15-9)10-6-7-10)14-17-12(2,3)13(4,5)18-14;6-3-2(5(8,9)10)1-11-4(7)12-3/h8,10H,6-7H2,1-5H3;1H. The maximum atomic E-state index is 12.0. The Balaban J connectivity index is 0.000000187. The minimum atomic E-state index is -4.54. The molecule has 2 fully saturated rings. The molecule has 1 aliphatic carbocycles. The van der Waals surface area contributed by atoms with Crippen LogP contribution in [0.3, 0.4) is 0 Å². The molecular formula is C18H22BCl2F3N4O2. The lowest BCUT2D eigenvalue weighted by Gasteiger charge is -2.32. The van der Waals surface area contributed by atoms with Crippen LogP contribution in [0.15, 0.2) is 12.4 Å². The highest BCUT2D eigenvalue weighted by molar-refractivity contribution is 6.62. The predicted molar refractivity (Wildman–Crippen MR) is 108 cm³/mol. The van der Waals surface area contributed by atoms with E-state index in [4.69, 9.17) is 32.5 Å². The summed E-state index contributed by atoms with van der Waals surface area (Å²) < 4.78 is 50.1. The van der Waals surface area contributed by atoms with Gasteiger partial charge in [-0.2, -0.15) is 18.3 Å². The summed E-state index contributed by atoms with van der Waals surface area (Å²) >= 11 is 10.4. The lowest BCUT2D eigenvalue weighted by molar-refractivity contribution is -0.138. The average Bonchev–Trinajstić information content (AvgIpc) is 3.31. The molecule has 0 spiro atoms. The highest BCUT2D eigenvalue weighted by Gasteiger charge is 2.52. The number of nitrogens with zero attached hydrogens (tertiary/aromatic N) is 4. The van der Waals surface area contributed by atoms with Crippen molar-refractivity contribution in [2.24, 2.45) is 0 Å². The Kier molecular flexibility index (Phi) is 6.19. The van der Waals surface area contributed by atoms with E-state index >= 15 is 0 Å². The summed E-state index contributed by atoms with van der Waals surface area (Å²) in [6.07, 6.45) is 0.572. The van der Waals surface area contributed by atoms with E-state index < -0.39 is 16.9 Å². The first-order chi connectivity index (χ1) is 13.7. The van der Waals surface area contributed by atoms with E-state index in [0.717, 1.165) is 11.2 Å². The highest BCUT2D eigenvalue weighted by Crippen LogP contribution is 2.38. The molecular weight excluding hydrogens is 443 g/mol. The van der Waals surface area contributed by atoms with E-state index in [1.165, 1.54) is 12.8 Å². The fourth-order valence-electron chi connectivity index (χ4n) is 2.75. The van der Waals surface area contributed by atoms with Gasteiger partial charge in [0, 0.05) is 17.9 Å². The van der Waals surface area contributed by atoms with Crippen molar-refractivity contribution < 1.29 is 22.5 Å². The summed E-state index contributed by atoms with van der Waals surface area (Å²) in [5.41, 5.74) is 0.423. The lowest BCUT2D eigenvalue weighted by Crippen LogP contribution is -2.41. The van der Waals surface area contributed by atoms with Crippen LogP contribution in [0, 0.1) is 6.92 Å². The maximum Gasteiger partial charge on any atom is 0.498 e. The zero-order chi connectivity index (χ0) is 22.5. The van der Waals surface area contributed by atoms with Gasteiger partial charge in [-0.25, -0.2) is 9.97 Å². The lowest BCUT2D eigenvalue weighted by atomic mass is 9.79. The zero-order valence-corrected chi connectivity index (χ0v) is 18.7. The minimum Gasteiger partial charge on any atom is -0.399 e. The third-order valence-corrected chi connectivity index (χ3v) is 5.87. The van der Waals surface area contributed by atoms with Gasteiger partial charge in [0.05, 0.1) is 22.9 Å².